The van der Waals surface area contributed by atoms with Gasteiger partial charge in [-0.2, -0.15) is 0 Å². The van der Waals surface area contributed by atoms with Crippen molar-refractivity contribution in [1.29, 1.82) is 0 Å². The number of benzene rings is 2. The molecule has 0 radical (unpaired) electrons. The molecule has 154 valence electrons. The van der Waals surface area contributed by atoms with Crippen LogP contribution in [0.1, 0.15) is 10.4 Å². The fourth-order valence-electron chi connectivity index (χ4n) is 3.37. The van der Waals surface area contributed by atoms with Crippen LogP contribution in [0.25, 0.3) is 11.0 Å². The second-order valence-electron chi connectivity index (χ2n) is 6.84. The van der Waals surface area contributed by atoms with Crippen molar-refractivity contribution in [3.05, 3.63) is 54.2 Å². The van der Waals surface area contributed by atoms with Crippen molar-refractivity contribution in [1.82, 2.24) is 14.9 Å². The Hall–Kier alpha value is -3.88. The molecule has 2 aromatic carbocycles. The van der Waals surface area contributed by atoms with Crippen LogP contribution in [0, 0.1) is 0 Å². The largest absolute Gasteiger partial charge is 0.497 e. The molecule has 9 nitrogen and oxygen atoms in total. The minimum Gasteiger partial charge on any atom is -0.497 e. The minimum absolute atomic E-state index is 0.0626. The Balaban J connectivity index is 1.41. The average molecular weight is 407 g/mol. The summed E-state index contributed by atoms with van der Waals surface area (Å²) in [6, 6.07) is 11.6. The van der Waals surface area contributed by atoms with Crippen LogP contribution in [0.2, 0.25) is 0 Å². The standard InChI is InChI=1S/C21H21N5O4/c1-30-14-6-7-17-18(12-14)22-13-19(23-17)25-8-10-26(11-9-25)21(29)24-16-5-3-2-4-15(16)20(27)28/h2-7,12-13H,8-11H2,1H3,(H,24,29)(H,27,28). The normalized spacial score (nSPS) is 13.9. The number of nitrogens with one attached hydrogen (secondary N) is 1. The number of para-hydroxylation sites is 1. The minimum atomic E-state index is -1.08. The summed E-state index contributed by atoms with van der Waals surface area (Å²) in [6.07, 6.45) is 1.72. The summed E-state index contributed by atoms with van der Waals surface area (Å²) in [5.74, 6) is 0.404. The average Bonchev–Trinajstić information content (AvgIpc) is 2.78. The lowest BCUT2D eigenvalue weighted by Crippen LogP contribution is -2.50. The Labute approximate surface area is 172 Å². The highest BCUT2D eigenvalue weighted by atomic mass is 16.5. The maximum Gasteiger partial charge on any atom is 0.337 e. The predicted molar refractivity (Wildman–Crippen MR) is 112 cm³/mol. The number of carbonyl (C=O) groups is 2. The van der Waals surface area contributed by atoms with Crippen LogP contribution in [0.15, 0.2) is 48.7 Å². The maximum absolute atomic E-state index is 12.6. The molecule has 0 atom stereocenters. The summed E-state index contributed by atoms with van der Waals surface area (Å²) in [5, 5.41) is 12.0. The molecular weight excluding hydrogens is 386 g/mol. The number of carboxylic acids is 1. The van der Waals surface area contributed by atoms with Gasteiger partial charge in [-0.3, -0.25) is 4.98 Å². The van der Waals surface area contributed by atoms with Gasteiger partial charge in [0.1, 0.15) is 11.6 Å². The van der Waals surface area contributed by atoms with Crippen LogP contribution in [0.3, 0.4) is 0 Å². The number of aromatic carboxylic acids is 1. The molecule has 3 aromatic rings. The van der Waals surface area contributed by atoms with Crippen LogP contribution < -0.4 is 15.0 Å². The van der Waals surface area contributed by atoms with E-state index in [4.69, 9.17) is 4.74 Å². The molecule has 9 heteroatoms. The topological polar surface area (TPSA) is 108 Å². The number of anilines is 2. The van der Waals surface area contributed by atoms with Crippen molar-refractivity contribution in [2.24, 2.45) is 0 Å². The molecule has 1 saturated heterocycles. The molecule has 2 N–H and O–H groups in total. The van der Waals surface area contributed by atoms with Gasteiger partial charge in [0.05, 0.1) is 35.6 Å². The zero-order valence-corrected chi connectivity index (χ0v) is 16.4. The van der Waals surface area contributed by atoms with Gasteiger partial charge in [0, 0.05) is 32.2 Å². The number of hydrogen-bond donors (Lipinski definition) is 2. The van der Waals surface area contributed by atoms with Gasteiger partial charge in [-0.15, -0.1) is 0 Å². The Morgan fingerprint density at radius 2 is 1.83 bits per heavy atom. The van der Waals surface area contributed by atoms with E-state index in [0.29, 0.717) is 26.2 Å². The second-order valence-corrected chi connectivity index (χ2v) is 6.84. The third-order valence-electron chi connectivity index (χ3n) is 5.03. The first-order chi connectivity index (χ1) is 14.5. The van der Waals surface area contributed by atoms with Crippen molar-refractivity contribution in [2.75, 3.05) is 43.5 Å². The molecule has 2 amide bonds. The van der Waals surface area contributed by atoms with Crippen LogP contribution >= 0.6 is 0 Å². The Morgan fingerprint density at radius 3 is 2.57 bits per heavy atom. The van der Waals surface area contributed by atoms with Crippen LogP contribution in [0.5, 0.6) is 5.75 Å². The van der Waals surface area contributed by atoms with Gasteiger partial charge < -0.3 is 25.0 Å². The van der Waals surface area contributed by atoms with Gasteiger partial charge in [-0.1, -0.05) is 12.1 Å². The van der Waals surface area contributed by atoms with Gasteiger partial charge >= 0.3 is 12.0 Å². The third-order valence-corrected chi connectivity index (χ3v) is 5.03. The molecule has 1 aromatic heterocycles. The van der Waals surface area contributed by atoms with Crippen LogP contribution in [-0.4, -0.2) is 65.3 Å². The first kappa shape index (κ1) is 19.4. The first-order valence-corrected chi connectivity index (χ1v) is 9.49. The lowest BCUT2D eigenvalue weighted by molar-refractivity contribution is 0.0698. The van der Waals surface area contributed by atoms with Crippen molar-refractivity contribution in [2.45, 2.75) is 0 Å². The molecule has 0 bridgehead atoms. The highest BCUT2D eigenvalue weighted by molar-refractivity contribution is 6.00. The van der Waals surface area contributed by atoms with Crippen molar-refractivity contribution in [3.8, 4) is 5.75 Å². The molecule has 1 aliphatic heterocycles. The monoisotopic (exact) mass is 407 g/mol. The molecule has 0 unspecified atom stereocenters. The van der Waals surface area contributed by atoms with Gasteiger partial charge in [0.2, 0.25) is 0 Å². The van der Waals surface area contributed by atoms with Crippen molar-refractivity contribution < 1.29 is 19.4 Å². The fourth-order valence-corrected chi connectivity index (χ4v) is 3.37. The summed E-state index contributed by atoms with van der Waals surface area (Å²) in [6.45, 7) is 2.18. The molecule has 4 rings (SSSR count). The Kier molecular flexibility index (Phi) is 5.34. The summed E-state index contributed by atoms with van der Waals surface area (Å²) >= 11 is 0. The number of fused-ring (bicyclic) bond motifs is 1. The van der Waals surface area contributed by atoms with E-state index in [1.54, 1.807) is 36.4 Å². The smallest absolute Gasteiger partial charge is 0.337 e. The number of rotatable bonds is 4. The molecule has 1 fully saturated rings. The van der Waals surface area contributed by atoms with Crippen molar-refractivity contribution >= 4 is 34.5 Å². The first-order valence-electron chi connectivity index (χ1n) is 9.49. The summed E-state index contributed by atoms with van der Waals surface area (Å²) < 4.78 is 5.21. The third kappa shape index (κ3) is 3.95. The highest BCUT2D eigenvalue weighted by Crippen LogP contribution is 2.21. The zero-order chi connectivity index (χ0) is 21.1. The van der Waals surface area contributed by atoms with E-state index in [2.05, 4.69) is 20.2 Å². The van der Waals surface area contributed by atoms with E-state index in [1.165, 1.54) is 6.07 Å². The number of carbonyl (C=O) groups excluding carboxylic acids is 1. The van der Waals surface area contributed by atoms with E-state index in [0.717, 1.165) is 22.6 Å². The number of urea groups is 1. The predicted octanol–water partition coefficient (Wildman–Crippen LogP) is 2.69. The highest BCUT2D eigenvalue weighted by Gasteiger charge is 2.23. The summed E-state index contributed by atoms with van der Waals surface area (Å²) in [5.41, 5.74) is 1.88. The summed E-state index contributed by atoms with van der Waals surface area (Å²) in [7, 11) is 1.61. The zero-order valence-electron chi connectivity index (χ0n) is 16.4. The number of carboxylic acid groups (broad SMARTS) is 1. The number of amides is 2. The van der Waals surface area contributed by atoms with Gasteiger partial charge in [-0.25, -0.2) is 14.6 Å². The molecule has 1 aliphatic rings. The molecule has 2 heterocycles. The summed E-state index contributed by atoms with van der Waals surface area (Å²) in [4.78, 5) is 36.8. The Bertz CT molecular complexity index is 1100. The number of aromatic nitrogens is 2. The maximum atomic E-state index is 12.6. The fraction of sp³-hybridized carbons (Fsp3) is 0.238. The van der Waals surface area contributed by atoms with E-state index in [-0.39, 0.29) is 17.3 Å². The SMILES string of the molecule is COc1ccc2nc(N3CCN(C(=O)Nc4ccccc4C(=O)O)CC3)cnc2c1. The van der Waals surface area contributed by atoms with Crippen LogP contribution in [0.4, 0.5) is 16.3 Å². The lowest BCUT2D eigenvalue weighted by atomic mass is 10.2. The lowest BCUT2D eigenvalue weighted by Gasteiger charge is -2.35. The number of hydrogen-bond acceptors (Lipinski definition) is 6. The van der Waals surface area contributed by atoms with E-state index >= 15 is 0 Å². The van der Waals surface area contributed by atoms with Gasteiger partial charge in [-0.05, 0) is 24.3 Å². The van der Waals surface area contributed by atoms with Gasteiger partial charge in [0.15, 0.2) is 0 Å². The number of methoxy groups -OCH3 is 1. The molecule has 0 aliphatic carbocycles. The number of ether oxygens (including phenoxy) is 1. The van der Waals surface area contributed by atoms with E-state index in [1.807, 2.05) is 18.2 Å². The van der Waals surface area contributed by atoms with E-state index < -0.39 is 5.97 Å². The molecule has 0 saturated carbocycles. The quantitative estimate of drug-likeness (QED) is 0.685. The molecule has 0 spiro atoms. The number of piperazine rings is 1. The van der Waals surface area contributed by atoms with E-state index in [9.17, 15) is 14.7 Å². The van der Waals surface area contributed by atoms with Crippen LogP contribution in [-0.2, 0) is 0 Å². The van der Waals surface area contributed by atoms with Crippen molar-refractivity contribution in [3.63, 3.8) is 0 Å². The Morgan fingerprint density at radius 1 is 1.07 bits per heavy atom. The molecular formula is C21H21N5O4. The molecule has 30 heavy (non-hydrogen) atoms. The second kappa shape index (κ2) is 8.24. The van der Waals surface area contributed by atoms with Gasteiger partial charge in [0.25, 0.3) is 0 Å². The number of nitrogens with zero attached hydrogens (tertiary/aromatic N) is 4.